The largest absolute Gasteiger partial charge is 0.315 e. The van der Waals surface area contributed by atoms with Crippen molar-refractivity contribution in [1.82, 2.24) is 10.0 Å². The lowest BCUT2D eigenvalue weighted by molar-refractivity contribution is 0.575. The zero-order valence-corrected chi connectivity index (χ0v) is 12.2. The molecule has 0 spiro atoms. The normalized spacial score (nSPS) is 11.7. The fourth-order valence-electron chi connectivity index (χ4n) is 1.53. The number of sulfonamides is 1. The Labute approximate surface area is 114 Å². The van der Waals surface area contributed by atoms with E-state index in [0.29, 0.717) is 23.7 Å². The van der Waals surface area contributed by atoms with E-state index in [0.717, 1.165) is 13.0 Å². The van der Waals surface area contributed by atoms with Gasteiger partial charge in [0, 0.05) is 18.1 Å². The van der Waals surface area contributed by atoms with E-state index in [1.165, 1.54) is 0 Å². The Kier molecular flexibility index (Phi) is 6.08. The summed E-state index contributed by atoms with van der Waals surface area (Å²) in [5.41, 5.74) is 0.577. The maximum Gasteiger partial charge on any atom is 0.240 e. The van der Waals surface area contributed by atoms with Crippen molar-refractivity contribution in [3.63, 3.8) is 0 Å². The van der Waals surface area contributed by atoms with Crippen LogP contribution < -0.4 is 10.0 Å². The predicted molar refractivity (Wildman–Crippen MR) is 74.5 cm³/mol. The van der Waals surface area contributed by atoms with E-state index in [1.807, 2.05) is 0 Å². The second-order valence-electron chi connectivity index (χ2n) is 4.01. The molecule has 0 aliphatic rings. The first-order chi connectivity index (χ1) is 8.49. The van der Waals surface area contributed by atoms with Crippen LogP contribution in [-0.2, 0) is 10.0 Å². The molecule has 0 radical (unpaired) electrons. The van der Waals surface area contributed by atoms with Crippen LogP contribution in [0.3, 0.4) is 0 Å². The molecule has 0 fully saturated rings. The van der Waals surface area contributed by atoms with Gasteiger partial charge in [-0.25, -0.2) is 13.1 Å². The molecule has 0 atom stereocenters. The minimum Gasteiger partial charge on any atom is -0.315 e. The van der Waals surface area contributed by atoms with Gasteiger partial charge in [-0.05, 0) is 37.6 Å². The SMILES string of the molecule is CCCNCCNS(=O)(=O)c1cccc(Cl)c1C. The fourth-order valence-corrected chi connectivity index (χ4v) is 3.06. The molecule has 6 heteroatoms. The molecule has 0 unspecified atom stereocenters. The first-order valence-corrected chi connectivity index (χ1v) is 7.80. The van der Waals surface area contributed by atoms with Gasteiger partial charge in [0.15, 0.2) is 0 Å². The Balaban J connectivity index is 2.66. The van der Waals surface area contributed by atoms with Crippen molar-refractivity contribution in [3.8, 4) is 0 Å². The topological polar surface area (TPSA) is 58.2 Å². The maximum atomic E-state index is 12.0. The number of nitrogens with one attached hydrogen (secondary N) is 2. The first-order valence-electron chi connectivity index (χ1n) is 5.94. The summed E-state index contributed by atoms with van der Waals surface area (Å²) in [7, 11) is -3.48. The minimum atomic E-state index is -3.48. The van der Waals surface area contributed by atoms with E-state index in [-0.39, 0.29) is 4.90 Å². The Morgan fingerprint density at radius 1 is 1.22 bits per heavy atom. The summed E-state index contributed by atoms with van der Waals surface area (Å²) in [4.78, 5) is 0.241. The van der Waals surface area contributed by atoms with Gasteiger partial charge in [-0.15, -0.1) is 0 Å². The van der Waals surface area contributed by atoms with Crippen LogP contribution in [0.25, 0.3) is 0 Å². The standard InChI is InChI=1S/C12H19ClN2O2S/c1-3-7-14-8-9-15-18(16,17)12-6-4-5-11(13)10(12)2/h4-6,14-15H,3,7-9H2,1-2H3. The van der Waals surface area contributed by atoms with E-state index in [9.17, 15) is 8.42 Å². The lowest BCUT2D eigenvalue weighted by atomic mass is 10.2. The number of hydrogen-bond acceptors (Lipinski definition) is 3. The van der Waals surface area contributed by atoms with Gasteiger partial charge in [0.05, 0.1) is 4.90 Å². The summed E-state index contributed by atoms with van der Waals surface area (Å²) >= 11 is 5.92. The highest BCUT2D eigenvalue weighted by Crippen LogP contribution is 2.22. The van der Waals surface area contributed by atoms with E-state index < -0.39 is 10.0 Å². The van der Waals surface area contributed by atoms with Crippen LogP contribution in [0, 0.1) is 6.92 Å². The number of benzene rings is 1. The Bertz CT molecular complexity index is 489. The van der Waals surface area contributed by atoms with Gasteiger partial charge < -0.3 is 5.32 Å². The molecular formula is C12H19ClN2O2S. The quantitative estimate of drug-likeness (QED) is 0.755. The third-order valence-electron chi connectivity index (χ3n) is 2.53. The lowest BCUT2D eigenvalue weighted by Gasteiger charge is -2.10. The summed E-state index contributed by atoms with van der Waals surface area (Å²) in [5, 5.41) is 3.59. The predicted octanol–water partition coefficient (Wildman–Crippen LogP) is 1.93. The average Bonchev–Trinajstić information content (AvgIpc) is 2.32. The van der Waals surface area contributed by atoms with Crippen molar-refractivity contribution in [1.29, 1.82) is 0 Å². The number of hydrogen-bond donors (Lipinski definition) is 2. The van der Waals surface area contributed by atoms with Crippen LogP contribution >= 0.6 is 11.6 Å². The molecule has 0 aliphatic heterocycles. The van der Waals surface area contributed by atoms with Crippen molar-refractivity contribution in [3.05, 3.63) is 28.8 Å². The molecule has 1 aromatic rings. The molecular weight excluding hydrogens is 272 g/mol. The third-order valence-corrected chi connectivity index (χ3v) is 4.54. The summed E-state index contributed by atoms with van der Waals surface area (Å²) in [6.45, 7) is 5.64. The molecule has 1 aromatic carbocycles. The van der Waals surface area contributed by atoms with Gasteiger partial charge in [0.2, 0.25) is 10.0 Å². The Hall–Kier alpha value is -0.620. The second-order valence-corrected chi connectivity index (χ2v) is 6.15. The van der Waals surface area contributed by atoms with Crippen LogP contribution in [0.2, 0.25) is 5.02 Å². The summed E-state index contributed by atoms with van der Waals surface area (Å²) < 4.78 is 26.6. The van der Waals surface area contributed by atoms with Crippen molar-refractivity contribution in [2.75, 3.05) is 19.6 Å². The molecule has 1 rings (SSSR count). The molecule has 18 heavy (non-hydrogen) atoms. The average molecular weight is 291 g/mol. The molecule has 4 nitrogen and oxygen atoms in total. The van der Waals surface area contributed by atoms with Crippen LogP contribution in [0.4, 0.5) is 0 Å². The van der Waals surface area contributed by atoms with Crippen LogP contribution in [-0.4, -0.2) is 28.1 Å². The first kappa shape index (κ1) is 15.4. The fraction of sp³-hybridized carbons (Fsp3) is 0.500. The highest BCUT2D eigenvalue weighted by Gasteiger charge is 2.17. The van der Waals surface area contributed by atoms with Gasteiger partial charge in [-0.2, -0.15) is 0 Å². The summed E-state index contributed by atoms with van der Waals surface area (Å²) in [6.07, 6.45) is 1.03. The van der Waals surface area contributed by atoms with Crippen LogP contribution in [0.1, 0.15) is 18.9 Å². The lowest BCUT2D eigenvalue weighted by Crippen LogP contribution is -2.32. The molecule has 0 aliphatic carbocycles. The summed E-state index contributed by atoms with van der Waals surface area (Å²) in [6, 6.07) is 4.88. The smallest absolute Gasteiger partial charge is 0.240 e. The molecule has 0 saturated carbocycles. The zero-order chi connectivity index (χ0) is 13.6. The van der Waals surface area contributed by atoms with E-state index in [2.05, 4.69) is 17.0 Å². The Morgan fingerprint density at radius 2 is 1.94 bits per heavy atom. The van der Waals surface area contributed by atoms with Gasteiger partial charge in [-0.3, -0.25) is 0 Å². The van der Waals surface area contributed by atoms with Gasteiger partial charge in [-0.1, -0.05) is 24.6 Å². The van der Waals surface area contributed by atoms with Gasteiger partial charge in [0.1, 0.15) is 0 Å². The van der Waals surface area contributed by atoms with E-state index >= 15 is 0 Å². The second kappa shape index (κ2) is 7.09. The minimum absolute atomic E-state index is 0.241. The van der Waals surface area contributed by atoms with Crippen molar-refractivity contribution in [2.45, 2.75) is 25.2 Å². The third kappa shape index (κ3) is 4.24. The molecule has 0 amide bonds. The number of rotatable bonds is 7. The molecule has 2 N–H and O–H groups in total. The van der Waals surface area contributed by atoms with Crippen LogP contribution in [0.5, 0.6) is 0 Å². The van der Waals surface area contributed by atoms with Crippen LogP contribution in [0.15, 0.2) is 23.1 Å². The highest BCUT2D eigenvalue weighted by molar-refractivity contribution is 7.89. The molecule has 0 bridgehead atoms. The molecule has 0 heterocycles. The van der Waals surface area contributed by atoms with Crippen molar-refractivity contribution in [2.24, 2.45) is 0 Å². The van der Waals surface area contributed by atoms with E-state index in [4.69, 9.17) is 11.6 Å². The zero-order valence-electron chi connectivity index (χ0n) is 10.7. The maximum absolute atomic E-state index is 12.0. The van der Waals surface area contributed by atoms with E-state index in [1.54, 1.807) is 25.1 Å². The summed E-state index contributed by atoms with van der Waals surface area (Å²) in [5.74, 6) is 0. The van der Waals surface area contributed by atoms with Gasteiger partial charge >= 0.3 is 0 Å². The molecule has 102 valence electrons. The Morgan fingerprint density at radius 3 is 2.61 bits per heavy atom. The van der Waals surface area contributed by atoms with Gasteiger partial charge in [0.25, 0.3) is 0 Å². The molecule has 0 aromatic heterocycles. The monoisotopic (exact) mass is 290 g/mol. The number of halogens is 1. The van der Waals surface area contributed by atoms with Crippen molar-refractivity contribution < 1.29 is 8.42 Å². The molecule has 0 saturated heterocycles. The highest BCUT2D eigenvalue weighted by atomic mass is 35.5. The van der Waals surface area contributed by atoms with Crippen molar-refractivity contribution >= 4 is 21.6 Å².